The monoisotopic (exact) mass is 187 g/mol. The molecule has 0 spiro atoms. The van der Waals surface area contributed by atoms with Crippen LogP contribution in [0.15, 0.2) is 0 Å². The molecule has 0 saturated carbocycles. The van der Waals surface area contributed by atoms with Gasteiger partial charge in [-0.25, -0.2) is 0 Å². The predicted molar refractivity (Wildman–Crippen MR) is 41.1 cm³/mol. The Balaban J connectivity index is 2.39. The molecule has 0 amide bonds. The fourth-order valence-electron chi connectivity index (χ4n) is 0.779. The highest BCUT2D eigenvalue weighted by Gasteiger charge is 2.21. The van der Waals surface area contributed by atoms with Crippen LogP contribution in [0.1, 0.15) is 0 Å². The summed E-state index contributed by atoms with van der Waals surface area (Å²) in [6, 6.07) is 0. The highest BCUT2D eigenvalue weighted by molar-refractivity contribution is 8.41. The molecule has 1 aliphatic rings. The van der Waals surface area contributed by atoms with Crippen LogP contribution in [0.4, 0.5) is 0 Å². The summed E-state index contributed by atoms with van der Waals surface area (Å²) in [6.45, 7) is 2.02. The quantitative estimate of drug-likeness (QED) is 0.647. The number of ether oxygens (including phenoxy) is 1. The molecule has 1 rings (SSSR count). The lowest BCUT2D eigenvalue weighted by Gasteiger charge is -2.38. The van der Waals surface area contributed by atoms with Crippen molar-refractivity contribution in [2.24, 2.45) is 0 Å². The number of morpholine rings is 1. The number of hydrogen-bond acceptors (Lipinski definition) is 4. The highest BCUT2D eigenvalue weighted by atomic mass is 35.7. The summed E-state index contributed by atoms with van der Waals surface area (Å²) in [5.74, 6) is 0. The van der Waals surface area contributed by atoms with E-state index in [1.54, 1.807) is 0 Å². The molecule has 0 aromatic heterocycles. The molecule has 6 heteroatoms. The highest BCUT2D eigenvalue weighted by Crippen LogP contribution is 2.48. The average Bonchev–Trinajstić information content (AvgIpc) is 1.88. The molecular formula is C4H10ClNO3S. The van der Waals surface area contributed by atoms with Crippen LogP contribution in [-0.4, -0.2) is 39.7 Å². The first kappa shape index (κ1) is 8.58. The van der Waals surface area contributed by atoms with Gasteiger partial charge in [0.05, 0.1) is 13.2 Å². The van der Waals surface area contributed by atoms with E-state index in [9.17, 15) is 0 Å². The second-order valence-electron chi connectivity index (χ2n) is 1.99. The van der Waals surface area contributed by atoms with Crippen molar-refractivity contribution in [3.63, 3.8) is 0 Å². The largest absolute Gasteiger partial charge is 0.379 e. The van der Waals surface area contributed by atoms with Gasteiger partial charge in [0.2, 0.25) is 0 Å². The van der Waals surface area contributed by atoms with E-state index in [1.807, 2.05) is 0 Å². The van der Waals surface area contributed by atoms with Crippen molar-refractivity contribution < 1.29 is 13.8 Å². The fourth-order valence-corrected chi connectivity index (χ4v) is 1.81. The van der Waals surface area contributed by atoms with Gasteiger partial charge in [0, 0.05) is 23.8 Å². The molecule has 0 aliphatic carbocycles. The normalized spacial score (nSPS) is 24.7. The van der Waals surface area contributed by atoms with E-state index in [-0.39, 0.29) is 0 Å². The van der Waals surface area contributed by atoms with Gasteiger partial charge in [-0.1, -0.05) is 9.99 Å². The third kappa shape index (κ3) is 2.26. The summed E-state index contributed by atoms with van der Waals surface area (Å²) in [5, 5.41) is 0. The Morgan fingerprint density at radius 1 is 1.30 bits per heavy atom. The minimum Gasteiger partial charge on any atom is -0.379 e. The van der Waals surface area contributed by atoms with Crippen LogP contribution in [0.3, 0.4) is 0 Å². The Morgan fingerprint density at radius 2 is 1.80 bits per heavy atom. The summed E-state index contributed by atoms with van der Waals surface area (Å²) in [7, 11) is 2.28. The zero-order valence-electron chi connectivity index (χ0n) is 5.36. The SMILES string of the molecule is OS(O)(Cl)N1CCOCC1. The van der Waals surface area contributed by atoms with Crippen LogP contribution < -0.4 is 0 Å². The van der Waals surface area contributed by atoms with Crippen molar-refractivity contribution in [3.8, 4) is 0 Å². The molecule has 0 aromatic rings. The van der Waals surface area contributed by atoms with Crippen molar-refractivity contribution in [3.05, 3.63) is 0 Å². The van der Waals surface area contributed by atoms with Gasteiger partial charge in [-0.15, -0.1) is 0 Å². The zero-order chi connectivity index (χ0) is 7.61. The number of halogens is 1. The molecule has 1 fully saturated rings. The van der Waals surface area contributed by atoms with Crippen LogP contribution >= 0.6 is 20.7 Å². The van der Waals surface area contributed by atoms with Gasteiger partial charge in [0.25, 0.3) is 0 Å². The fraction of sp³-hybridized carbons (Fsp3) is 1.00. The third-order valence-electron chi connectivity index (χ3n) is 1.30. The molecule has 0 atom stereocenters. The maximum absolute atomic E-state index is 8.92. The van der Waals surface area contributed by atoms with Gasteiger partial charge in [-0.3, -0.25) is 9.11 Å². The Bertz CT molecular complexity index is 112. The zero-order valence-corrected chi connectivity index (χ0v) is 6.94. The van der Waals surface area contributed by atoms with Crippen molar-refractivity contribution >= 4 is 20.7 Å². The molecule has 0 aromatic carbocycles. The van der Waals surface area contributed by atoms with Gasteiger partial charge < -0.3 is 4.74 Å². The number of rotatable bonds is 1. The molecule has 10 heavy (non-hydrogen) atoms. The summed E-state index contributed by atoms with van der Waals surface area (Å²) >= 11 is 0. The van der Waals surface area contributed by atoms with Gasteiger partial charge in [-0.05, 0) is 0 Å². The second kappa shape index (κ2) is 3.25. The first-order valence-electron chi connectivity index (χ1n) is 2.91. The average molecular weight is 188 g/mol. The van der Waals surface area contributed by atoms with Crippen molar-refractivity contribution in [2.45, 2.75) is 0 Å². The molecule has 2 N–H and O–H groups in total. The summed E-state index contributed by atoms with van der Waals surface area (Å²) < 4.78 is 24.2. The van der Waals surface area contributed by atoms with Crippen LogP contribution in [0.2, 0.25) is 0 Å². The summed E-state index contributed by atoms with van der Waals surface area (Å²) in [5.41, 5.74) is 0. The molecule has 1 heterocycles. The smallest absolute Gasteiger partial charge is 0.0611 e. The Hall–Kier alpha value is 0.480. The van der Waals surface area contributed by atoms with E-state index in [1.165, 1.54) is 4.31 Å². The predicted octanol–water partition coefficient (Wildman–Crippen LogP) is 1.14. The molecule has 0 radical (unpaired) electrons. The molecule has 1 saturated heterocycles. The molecule has 4 nitrogen and oxygen atoms in total. The Labute approximate surface area is 65.7 Å². The molecule has 0 unspecified atom stereocenters. The van der Waals surface area contributed by atoms with Crippen molar-refractivity contribution in [1.29, 1.82) is 0 Å². The van der Waals surface area contributed by atoms with Crippen molar-refractivity contribution in [2.75, 3.05) is 26.3 Å². The Morgan fingerprint density at radius 3 is 2.10 bits per heavy atom. The standard InChI is InChI=1S/C4H10ClNO3S/c5-10(7,8)6-1-3-9-4-2-6/h7-8H,1-4H2. The lowest BCUT2D eigenvalue weighted by atomic mass is 10.5. The lowest BCUT2D eigenvalue weighted by molar-refractivity contribution is 0.0700. The van der Waals surface area contributed by atoms with Crippen molar-refractivity contribution in [1.82, 2.24) is 4.31 Å². The van der Waals surface area contributed by atoms with Crippen LogP contribution in [0, 0.1) is 0 Å². The van der Waals surface area contributed by atoms with Crippen LogP contribution in [-0.2, 0) is 4.74 Å². The molecular weight excluding hydrogens is 178 g/mol. The molecule has 0 bridgehead atoms. The van der Waals surface area contributed by atoms with E-state index >= 15 is 0 Å². The van der Waals surface area contributed by atoms with E-state index < -0.39 is 9.99 Å². The first-order chi connectivity index (χ1) is 4.61. The van der Waals surface area contributed by atoms with Crippen LogP contribution in [0.5, 0.6) is 0 Å². The molecule has 62 valence electrons. The molecule has 1 aliphatic heterocycles. The number of nitrogens with zero attached hydrogens (tertiary/aromatic N) is 1. The summed E-state index contributed by atoms with van der Waals surface area (Å²) in [4.78, 5) is 0. The van der Waals surface area contributed by atoms with Gasteiger partial charge in [0.15, 0.2) is 0 Å². The maximum atomic E-state index is 8.92. The number of hydrogen-bond donors (Lipinski definition) is 2. The minimum absolute atomic E-state index is 0.492. The lowest BCUT2D eigenvalue weighted by Crippen LogP contribution is -2.36. The second-order valence-corrected chi connectivity index (χ2v) is 4.66. The first-order valence-corrected chi connectivity index (χ1v) is 5.24. The topological polar surface area (TPSA) is 52.9 Å². The van der Waals surface area contributed by atoms with Crippen LogP contribution in [0.25, 0.3) is 0 Å². The van der Waals surface area contributed by atoms with E-state index in [2.05, 4.69) is 0 Å². The minimum atomic E-state index is -3.00. The van der Waals surface area contributed by atoms with E-state index in [0.717, 1.165) is 0 Å². The van der Waals surface area contributed by atoms with E-state index in [4.69, 9.17) is 24.5 Å². The van der Waals surface area contributed by atoms with Gasteiger partial charge in [-0.2, -0.15) is 4.31 Å². The maximum Gasteiger partial charge on any atom is 0.0611 e. The third-order valence-corrected chi connectivity index (χ3v) is 2.91. The van der Waals surface area contributed by atoms with E-state index in [0.29, 0.717) is 26.3 Å². The Kier molecular flexibility index (Phi) is 2.79. The van der Waals surface area contributed by atoms with Gasteiger partial charge >= 0.3 is 0 Å². The van der Waals surface area contributed by atoms with Gasteiger partial charge in [0.1, 0.15) is 0 Å². The summed E-state index contributed by atoms with van der Waals surface area (Å²) in [6.07, 6.45) is 0.